The highest BCUT2D eigenvalue weighted by Crippen LogP contribution is 2.67. The fourth-order valence-corrected chi connectivity index (χ4v) is 2.93. The van der Waals surface area contributed by atoms with Gasteiger partial charge in [-0.15, -0.1) is 0 Å². The van der Waals surface area contributed by atoms with Crippen molar-refractivity contribution in [2.45, 2.75) is 34.2 Å². The summed E-state index contributed by atoms with van der Waals surface area (Å²) in [6.45, 7) is 11.5. The summed E-state index contributed by atoms with van der Waals surface area (Å²) in [5.74, 6) is 0.780. The van der Waals surface area contributed by atoms with Gasteiger partial charge in [0.2, 0.25) is 0 Å². The predicted molar refractivity (Wildman–Crippen MR) is 74.2 cm³/mol. The lowest BCUT2D eigenvalue weighted by atomic mass is 10.0. The van der Waals surface area contributed by atoms with Crippen LogP contribution in [0.4, 0.5) is 0 Å². The number of hydrogen-bond acceptors (Lipinski definition) is 1. The van der Waals surface area contributed by atoms with Gasteiger partial charge in [-0.2, -0.15) is 0 Å². The van der Waals surface area contributed by atoms with Crippen LogP contribution in [0.3, 0.4) is 0 Å². The third-order valence-electron chi connectivity index (χ3n) is 4.91. The highest BCUT2D eigenvalue weighted by molar-refractivity contribution is 6.30. The first-order valence-corrected chi connectivity index (χ1v) is 6.68. The maximum Gasteiger partial charge on any atom is 0.0406 e. The number of rotatable bonds is 4. The summed E-state index contributed by atoms with van der Waals surface area (Å²) in [7, 11) is 0. The van der Waals surface area contributed by atoms with Crippen molar-refractivity contribution in [2.75, 3.05) is 6.54 Å². The van der Waals surface area contributed by atoms with Gasteiger partial charge in [-0.25, -0.2) is 0 Å². The third-order valence-corrected chi connectivity index (χ3v) is 5.16. The molecule has 0 amide bonds. The zero-order chi connectivity index (χ0) is 12.7. The summed E-state index contributed by atoms with van der Waals surface area (Å²) in [5.41, 5.74) is 2.24. The lowest BCUT2D eigenvalue weighted by molar-refractivity contribution is 0.457. The Bertz CT molecular complexity index is 378. The van der Waals surface area contributed by atoms with Crippen LogP contribution < -0.4 is 5.32 Å². The van der Waals surface area contributed by atoms with Gasteiger partial charge in [0.15, 0.2) is 0 Å². The van der Waals surface area contributed by atoms with Crippen LogP contribution in [0.15, 0.2) is 24.3 Å². The second-order valence-corrected chi connectivity index (χ2v) is 6.69. The topological polar surface area (TPSA) is 12.0 Å². The normalized spacial score (nSPS) is 21.5. The Hall–Kier alpha value is -0.530. The van der Waals surface area contributed by atoms with Crippen LogP contribution in [0.25, 0.3) is 0 Å². The SMILES string of the molecule is CC1(C)C(CNCc2ccc(Cl)cc2)C1(C)C. The van der Waals surface area contributed by atoms with Crippen molar-refractivity contribution in [3.8, 4) is 0 Å². The first-order chi connectivity index (χ1) is 7.85. The van der Waals surface area contributed by atoms with Gasteiger partial charge in [0.05, 0.1) is 0 Å². The Kier molecular flexibility index (Phi) is 3.26. The Morgan fingerprint density at radius 2 is 1.59 bits per heavy atom. The highest BCUT2D eigenvalue weighted by atomic mass is 35.5. The van der Waals surface area contributed by atoms with Crippen molar-refractivity contribution in [3.63, 3.8) is 0 Å². The van der Waals surface area contributed by atoms with E-state index in [1.807, 2.05) is 12.1 Å². The maximum atomic E-state index is 5.86. The summed E-state index contributed by atoms with van der Waals surface area (Å²) in [5, 5.41) is 4.36. The van der Waals surface area contributed by atoms with Crippen LogP contribution in [0.2, 0.25) is 5.02 Å². The molecule has 1 aromatic rings. The Labute approximate surface area is 110 Å². The second kappa shape index (κ2) is 4.29. The molecular weight excluding hydrogens is 230 g/mol. The minimum atomic E-state index is 0.472. The summed E-state index contributed by atoms with van der Waals surface area (Å²) in [6.07, 6.45) is 0. The molecule has 1 nitrogen and oxygen atoms in total. The lowest BCUT2D eigenvalue weighted by Crippen LogP contribution is -2.18. The van der Waals surface area contributed by atoms with E-state index in [-0.39, 0.29) is 0 Å². The molecule has 2 heteroatoms. The van der Waals surface area contributed by atoms with E-state index in [1.165, 1.54) is 5.56 Å². The molecule has 1 saturated carbocycles. The molecule has 0 heterocycles. The fourth-order valence-electron chi connectivity index (χ4n) is 2.81. The van der Waals surface area contributed by atoms with E-state index < -0.39 is 0 Å². The van der Waals surface area contributed by atoms with E-state index in [2.05, 4.69) is 45.1 Å². The Morgan fingerprint density at radius 3 is 2.06 bits per heavy atom. The van der Waals surface area contributed by atoms with E-state index in [9.17, 15) is 0 Å². The first kappa shape index (κ1) is 12.9. The molecule has 1 N–H and O–H groups in total. The monoisotopic (exact) mass is 251 g/mol. The summed E-state index contributed by atoms with van der Waals surface area (Å²) in [6, 6.07) is 8.06. The van der Waals surface area contributed by atoms with Crippen molar-refractivity contribution in [1.82, 2.24) is 5.32 Å². The number of benzene rings is 1. The molecule has 0 aromatic heterocycles. The smallest absolute Gasteiger partial charge is 0.0406 e. The molecular formula is C15H22ClN. The third kappa shape index (κ3) is 2.36. The maximum absolute atomic E-state index is 5.86. The standard InChI is InChI=1S/C15H22ClN/c1-14(2)13(15(14,3)4)10-17-9-11-5-7-12(16)8-6-11/h5-8,13,17H,9-10H2,1-4H3. The van der Waals surface area contributed by atoms with Crippen molar-refractivity contribution >= 4 is 11.6 Å². The Morgan fingerprint density at radius 1 is 1.06 bits per heavy atom. The summed E-state index contributed by atoms with van der Waals surface area (Å²) in [4.78, 5) is 0. The molecule has 0 aliphatic heterocycles. The molecule has 94 valence electrons. The molecule has 1 aromatic carbocycles. The molecule has 0 bridgehead atoms. The first-order valence-electron chi connectivity index (χ1n) is 6.31. The van der Waals surface area contributed by atoms with Gasteiger partial charge in [0.1, 0.15) is 0 Å². The van der Waals surface area contributed by atoms with Crippen molar-refractivity contribution in [1.29, 1.82) is 0 Å². The molecule has 2 rings (SSSR count). The molecule has 1 aliphatic carbocycles. The van der Waals surface area contributed by atoms with Crippen molar-refractivity contribution in [3.05, 3.63) is 34.9 Å². The van der Waals surface area contributed by atoms with E-state index in [0.29, 0.717) is 10.8 Å². The molecule has 0 saturated heterocycles. The van der Waals surface area contributed by atoms with Gasteiger partial charge in [0.25, 0.3) is 0 Å². The van der Waals surface area contributed by atoms with Gasteiger partial charge in [-0.3, -0.25) is 0 Å². The van der Waals surface area contributed by atoms with Crippen LogP contribution in [-0.4, -0.2) is 6.54 Å². The Balaban J connectivity index is 1.80. The van der Waals surface area contributed by atoms with Gasteiger partial charge in [0, 0.05) is 11.6 Å². The molecule has 0 spiro atoms. The minimum Gasteiger partial charge on any atom is -0.312 e. The van der Waals surface area contributed by atoms with Gasteiger partial charge in [-0.1, -0.05) is 51.4 Å². The molecule has 17 heavy (non-hydrogen) atoms. The zero-order valence-electron chi connectivity index (χ0n) is 11.2. The number of hydrogen-bond donors (Lipinski definition) is 1. The van der Waals surface area contributed by atoms with Crippen molar-refractivity contribution < 1.29 is 0 Å². The van der Waals surface area contributed by atoms with Crippen LogP contribution in [-0.2, 0) is 6.54 Å². The van der Waals surface area contributed by atoms with Crippen LogP contribution >= 0.6 is 11.6 Å². The number of nitrogens with one attached hydrogen (secondary N) is 1. The van der Waals surface area contributed by atoms with E-state index in [4.69, 9.17) is 11.6 Å². The molecule has 0 unspecified atom stereocenters. The number of halogens is 1. The van der Waals surface area contributed by atoms with E-state index in [0.717, 1.165) is 24.0 Å². The molecule has 1 fully saturated rings. The van der Waals surface area contributed by atoms with Crippen molar-refractivity contribution in [2.24, 2.45) is 16.7 Å². The van der Waals surface area contributed by atoms with Crippen LogP contribution in [0, 0.1) is 16.7 Å². The summed E-state index contributed by atoms with van der Waals surface area (Å²) >= 11 is 5.86. The molecule has 0 radical (unpaired) electrons. The highest BCUT2D eigenvalue weighted by Gasteiger charge is 2.63. The quantitative estimate of drug-likeness (QED) is 0.849. The average molecular weight is 252 g/mol. The van der Waals surface area contributed by atoms with Gasteiger partial charge >= 0.3 is 0 Å². The largest absolute Gasteiger partial charge is 0.312 e. The average Bonchev–Trinajstić information content (AvgIpc) is 2.63. The van der Waals surface area contributed by atoms with Crippen LogP contribution in [0.1, 0.15) is 33.3 Å². The van der Waals surface area contributed by atoms with Crippen LogP contribution in [0.5, 0.6) is 0 Å². The lowest BCUT2D eigenvalue weighted by Gasteiger charge is -2.06. The fraction of sp³-hybridized carbons (Fsp3) is 0.600. The molecule has 0 atom stereocenters. The predicted octanol–water partition coefficient (Wildman–Crippen LogP) is 4.11. The van der Waals surface area contributed by atoms with Gasteiger partial charge < -0.3 is 5.32 Å². The minimum absolute atomic E-state index is 0.472. The van der Waals surface area contributed by atoms with E-state index in [1.54, 1.807) is 0 Å². The second-order valence-electron chi connectivity index (χ2n) is 6.25. The van der Waals surface area contributed by atoms with E-state index >= 15 is 0 Å². The molecule has 1 aliphatic rings. The summed E-state index contributed by atoms with van der Waals surface area (Å²) < 4.78 is 0. The zero-order valence-corrected chi connectivity index (χ0v) is 11.9. The van der Waals surface area contributed by atoms with Gasteiger partial charge in [-0.05, 0) is 41.0 Å².